The molecule has 1 amide bonds. The predicted octanol–water partition coefficient (Wildman–Crippen LogP) is 1.97. The van der Waals surface area contributed by atoms with Crippen molar-refractivity contribution in [3.8, 4) is 0 Å². The van der Waals surface area contributed by atoms with Gasteiger partial charge in [-0.25, -0.2) is 4.98 Å². The van der Waals surface area contributed by atoms with Gasteiger partial charge in [0.15, 0.2) is 0 Å². The zero-order valence-corrected chi connectivity index (χ0v) is 14.8. The Morgan fingerprint density at radius 2 is 2.08 bits per heavy atom. The highest BCUT2D eigenvalue weighted by molar-refractivity contribution is 9.10. The van der Waals surface area contributed by atoms with Crippen LogP contribution in [0.3, 0.4) is 0 Å². The zero-order chi connectivity index (χ0) is 17.1. The van der Waals surface area contributed by atoms with Crippen LogP contribution in [0.5, 0.6) is 0 Å². The van der Waals surface area contributed by atoms with Crippen molar-refractivity contribution in [3.63, 3.8) is 0 Å². The molecule has 0 unspecified atom stereocenters. The lowest BCUT2D eigenvalue weighted by Crippen LogP contribution is -2.39. The number of hydrogen-bond acceptors (Lipinski definition) is 4. The van der Waals surface area contributed by atoms with Gasteiger partial charge < -0.3 is 10.4 Å². The minimum atomic E-state index is -0.236. The van der Waals surface area contributed by atoms with Crippen LogP contribution in [0.2, 0.25) is 0 Å². The summed E-state index contributed by atoms with van der Waals surface area (Å²) in [6, 6.07) is 5.50. The van der Waals surface area contributed by atoms with Gasteiger partial charge in [0.2, 0.25) is 5.91 Å². The molecule has 128 valence electrons. The topological polar surface area (TPSA) is 84.2 Å². The number of aromatic nitrogens is 2. The molecule has 24 heavy (non-hydrogen) atoms. The number of rotatable bonds is 4. The van der Waals surface area contributed by atoms with Gasteiger partial charge in [-0.1, -0.05) is 15.9 Å². The second-order valence-electron chi connectivity index (χ2n) is 6.23. The Hall–Kier alpha value is -1.73. The normalized spacial score (nSPS) is 20.9. The maximum absolute atomic E-state index is 12.5. The lowest BCUT2D eigenvalue weighted by atomic mass is 9.93. The monoisotopic (exact) mass is 393 g/mol. The number of carbonyl (C=O) groups excluding carboxylic acids is 1. The molecule has 1 saturated carbocycles. The minimum Gasteiger partial charge on any atom is -0.393 e. The first-order valence-electron chi connectivity index (χ1n) is 8.15. The maximum Gasteiger partial charge on any atom is 0.261 e. The predicted molar refractivity (Wildman–Crippen MR) is 94.7 cm³/mol. The Bertz CT molecular complexity index is 797. The van der Waals surface area contributed by atoms with Gasteiger partial charge in [0.05, 0.1) is 23.3 Å². The molecule has 0 atom stereocenters. The summed E-state index contributed by atoms with van der Waals surface area (Å²) in [6.07, 6.45) is 4.56. The molecule has 3 rings (SSSR count). The van der Waals surface area contributed by atoms with Crippen molar-refractivity contribution >= 4 is 32.7 Å². The minimum absolute atomic E-state index is 0.0716. The Morgan fingerprint density at radius 3 is 2.83 bits per heavy atom. The molecule has 6 nitrogen and oxygen atoms in total. The van der Waals surface area contributed by atoms with Crippen molar-refractivity contribution in [1.29, 1.82) is 0 Å². The first-order valence-corrected chi connectivity index (χ1v) is 8.94. The van der Waals surface area contributed by atoms with Crippen molar-refractivity contribution < 1.29 is 9.90 Å². The number of amides is 1. The summed E-state index contributed by atoms with van der Waals surface area (Å²) in [5.74, 6) is -0.0716. The molecule has 0 bridgehead atoms. The Kier molecular flexibility index (Phi) is 5.30. The van der Waals surface area contributed by atoms with E-state index < -0.39 is 0 Å². The van der Waals surface area contributed by atoms with Crippen molar-refractivity contribution in [3.05, 3.63) is 39.4 Å². The summed E-state index contributed by atoms with van der Waals surface area (Å²) >= 11 is 3.35. The van der Waals surface area contributed by atoms with Crippen LogP contribution in [0.4, 0.5) is 0 Å². The summed E-state index contributed by atoms with van der Waals surface area (Å²) < 4.78 is 2.29. The van der Waals surface area contributed by atoms with E-state index in [-0.39, 0.29) is 30.0 Å². The van der Waals surface area contributed by atoms with Crippen molar-refractivity contribution in [2.75, 3.05) is 0 Å². The number of benzene rings is 1. The second kappa shape index (κ2) is 7.44. The van der Waals surface area contributed by atoms with Gasteiger partial charge in [0.25, 0.3) is 5.56 Å². The van der Waals surface area contributed by atoms with Gasteiger partial charge in [-0.2, -0.15) is 0 Å². The van der Waals surface area contributed by atoms with Gasteiger partial charge in [0, 0.05) is 23.5 Å². The van der Waals surface area contributed by atoms with Crippen LogP contribution in [0, 0.1) is 0 Å². The third-order valence-corrected chi connectivity index (χ3v) is 4.92. The van der Waals surface area contributed by atoms with Crippen LogP contribution in [0.15, 0.2) is 33.8 Å². The number of halogens is 1. The van der Waals surface area contributed by atoms with Crippen LogP contribution < -0.4 is 10.9 Å². The van der Waals surface area contributed by atoms with Gasteiger partial charge in [-0.15, -0.1) is 0 Å². The molecule has 1 fully saturated rings. The van der Waals surface area contributed by atoms with Gasteiger partial charge in [-0.3, -0.25) is 14.2 Å². The van der Waals surface area contributed by atoms with Crippen molar-refractivity contribution in [2.24, 2.45) is 0 Å². The number of aliphatic hydroxyl groups excluding tert-OH is 1. The molecule has 0 saturated heterocycles. The summed E-state index contributed by atoms with van der Waals surface area (Å²) in [4.78, 5) is 28.8. The molecule has 0 aliphatic heterocycles. The highest BCUT2D eigenvalue weighted by Gasteiger charge is 2.20. The SMILES string of the molecule is O=C(CCn1cnc2ccc(Br)cc2c1=O)NC1CCC(O)CC1. The number of nitrogens with zero attached hydrogens (tertiary/aromatic N) is 2. The van der Waals surface area contributed by atoms with Crippen molar-refractivity contribution in [1.82, 2.24) is 14.9 Å². The van der Waals surface area contributed by atoms with E-state index in [1.165, 1.54) is 10.9 Å². The largest absolute Gasteiger partial charge is 0.393 e. The fourth-order valence-electron chi connectivity index (χ4n) is 3.03. The second-order valence-corrected chi connectivity index (χ2v) is 7.14. The molecular weight excluding hydrogens is 374 g/mol. The molecule has 1 aromatic carbocycles. The van der Waals surface area contributed by atoms with Gasteiger partial charge in [-0.05, 0) is 43.9 Å². The average molecular weight is 394 g/mol. The van der Waals surface area contributed by atoms with E-state index in [9.17, 15) is 14.7 Å². The third-order valence-electron chi connectivity index (χ3n) is 4.43. The number of hydrogen-bond donors (Lipinski definition) is 2. The number of aryl methyl sites for hydroxylation is 1. The maximum atomic E-state index is 12.5. The van der Waals surface area contributed by atoms with E-state index in [0.29, 0.717) is 17.4 Å². The fraction of sp³-hybridized carbons (Fsp3) is 0.471. The van der Waals surface area contributed by atoms with Crippen LogP contribution in [-0.2, 0) is 11.3 Å². The third kappa shape index (κ3) is 4.02. The molecular formula is C17H20BrN3O3. The van der Waals surface area contributed by atoms with Crippen LogP contribution in [-0.4, -0.2) is 32.7 Å². The molecule has 1 aromatic heterocycles. The van der Waals surface area contributed by atoms with E-state index in [1.807, 2.05) is 6.07 Å². The van der Waals surface area contributed by atoms with E-state index >= 15 is 0 Å². The summed E-state index contributed by atoms with van der Waals surface area (Å²) in [6.45, 7) is 0.301. The molecule has 1 heterocycles. The Labute approximate surface area is 148 Å². The van der Waals surface area contributed by atoms with Crippen LogP contribution in [0.1, 0.15) is 32.1 Å². The fourth-order valence-corrected chi connectivity index (χ4v) is 3.39. The molecule has 2 aromatic rings. The van der Waals surface area contributed by atoms with Gasteiger partial charge >= 0.3 is 0 Å². The number of aliphatic hydroxyl groups is 1. The zero-order valence-electron chi connectivity index (χ0n) is 13.2. The number of fused-ring (bicyclic) bond motifs is 1. The van der Waals surface area contributed by atoms with E-state index in [4.69, 9.17) is 0 Å². The molecule has 7 heteroatoms. The molecule has 2 N–H and O–H groups in total. The number of nitrogens with one attached hydrogen (secondary N) is 1. The molecule has 1 aliphatic rings. The van der Waals surface area contributed by atoms with Crippen LogP contribution >= 0.6 is 15.9 Å². The van der Waals surface area contributed by atoms with Gasteiger partial charge in [0.1, 0.15) is 0 Å². The Morgan fingerprint density at radius 1 is 1.33 bits per heavy atom. The summed E-state index contributed by atoms with van der Waals surface area (Å²) in [5.41, 5.74) is 0.500. The van der Waals surface area contributed by atoms with Crippen LogP contribution in [0.25, 0.3) is 10.9 Å². The van der Waals surface area contributed by atoms with E-state index in [2.05, 4.69) is 26.2 Å². The summed E-state index contributed by atoms with van der Waals surface area (Å²) in [5, 5.41) is 13.0. The average Bonchev–Trinajstić information content (AvgIpc) is 2.57. The first-order chi connectivity index (χ1) is 11.5. The molecule has 1 aliphatic carbocycles. The highest BCUT2D eigenvalue weighted by Crippen LogP contribution is 2.18. The molecule has 0 radical (unpaired) electrons. The summed E-state index contributed by atoms with van der Waals surface area (Å²) in [7, 11) is 0. The number of carbonyl (C=O) groups is 1. The first kappa shape index (κ1) is 17.1. The highest BCUT2D eigenvalue weighted by atomic mass is 79.9. The smallest absolute Gasteiger partial charge is 0.261 e. The molecule has 0 spiro atoms. The quantitative estimate of drug-likeness (QED) is 0.831. The lowest BCUT2D eigenvalue weighted by molar-refractivity contribution is -0.122. The standard InChI is InChI=1S/C17H20BrN3O3/c18-11-1-6-15-14(9-11)17(24)21(10-19-15)8-7-16(23)20-12-2-4-13(22)5-3-12/h1,6,9-10,12-13,22H,2-5,7-8H2,(H,20,23). The van der Waals surface area contributed by atoms with Crippen molar-refractivity contribution in [2.45, 2.75) is 50.8 Å². The van der Waals surface area contributed by atoms with E-state index in [0.717, 1.165) is 30.2 Å². The van der Waals surface area contributed by atoms with E-state index in [1.54, 1.807) is 12.1 Å². The Balaban J connectivity index is 1.62. The lowest BCUT2D eigenvalue weighted by Gasteiger charge is -2.26.